The van der Waals surface area contributed by atoms with Crippen molar-refractivity contribution in [2.75, 3.05) is 4.90 Å². The fraction of sp³-hybridized carbons (Fsp3) is 0. The highest BCUT2D eigenvalue weighted by Crippen LogP contribution is 2.42. The number of hydrogen-bond donors (Lipinski definition) is 0. The zero-order valence-electron chi connectivity index (χ0n) is 37.3. The van der Waals surface area contributed by atoms with Gasteiger partial charge in [0.1, 0.15) is 0 Å². The summed E-state index contributed by atoms with van der Waals surface area (Å²) in [5.74, 6) is 0. The molecule has 318 valence electrons. The lowest BCUT2D eigenvalue weighted by atomic mass is 9.94. The van der Waals surface area contributed by atoms with Crippen LogP contribution in [0.15, 0.2) is 267 Å². The molecule has 0 N–H and O–H groups in total. The third-order valence-corrected chi connectivity index (χ3v) is 13.7. The van der Waals surface area contributed by atoms with E-state index in [0.29, 0.717) is 0 Å². The van der Waals surface area contributed by atoms with Crippen LogP contribution in [0.1, 0.15) is 0 Å². The summed E-state index contributed by atoms with van der Waals surface area (Å²) in [5.41, 5.74) is 16.3. The molecule has 0 radical (unpaired) electrons. The minimum atomic E-state index is 1.08. The zero-order valence-corrected chi connectivity index (χ0v) is 37.3. The predicted molar refractivity (Wildman–Crippen MR) is 290 cm³/mol. The molecular weight excluding hydrogens is 821 g/mol. The molecule has 2 nitrogen and oxygen atoms in total. The fourth-order valence-corrected chi connectivity index (χ4v) is 10.5. The van der Waals surface area contributed by atoms with Gasteiger partial charge in [-0.1, -0.05) is 194 Å². The first-order valence-corrected chi connectivity index (χ1v) is 23.4. The van der Waals surface area contributed by atoms with Crippen molar-refractivity contribution >= 4 is 71.2 Å². The van der Waals surface area contributed by atoms with Crippen LogP contribution in [0.2, 0.25) is 0 Å². The molecule has 0 aliphatic heterocycles. The largest absolute Gasteiger partial charge is 0.310 e. The quantitative estimate of drug-likeness (QED) is 0.138. The highest BCUT2D eigenvalue weighted by Gasteiger charge is 2.18. The Bertz CT molecular complexity index is 4020. The maximum atomic E-state index is 2.41. The van der Waals surface area contributed by atoms with E-state index in [-0.39, 0.29) is 0 Å². The van der Waals surface area contributed by atoms with E-state index in [0.717, 1.165) is 28.3 Å². The van der Waals surface area contributed by atoms with Crippen molar-refractivity contribution in [2.24, 2.45) is 0 Å². The number of para-hydroxylation sites is 2. The van der Waals surface area contributed by atoms with E-state index in [1.54, 1.807) is 0 Å². The minimum Gasteiger partial charge on any atom is -0.310 e. The molecule has 0 unspecified atom stereocenters. The van der Waals surface area contributed by atoms with Crippen LogP contribution < -0.4 is 4.90 Å². The van der Waals surface area contributed by atoms with Gasteiger partial charge in [-0.15, -0.1) is 0 Å². The van der Waals surface area contributed by atoms with E-state index in [1.165, 1.54) is 93.1 Å². The van der Waals surface area contributed by atoms with Gasteiger partial charge >= 0.3 is 0 Å². The number of hydrogen-bond acceptors (Lipinski definition) is 1. The molecule has 68 heavy (non-hydrogen) atoms. The summed E-state index contributed by atoms with van der Waals surface area (Å²) in [6.07, 6.45) is 0. The van der Waals surface area contributed by atoms with Gasteiger partial charge in [0.2, 0.25) is 0 Å². The molecule has 1 heterocycles. The molecule has 12 aromatic carbocycles. The molecule has 0 spiro atoms. The summed E-state index contributed by atoms with van der Waals surface area (Å²) in [7, 11) is 0. The van der Waals surface area contributed by atoms with Gasteiger partial charge in [-0.05, 0) is 150 Å². The Morgan fingerprint density at radius 1 is 0.235 bits per heavy atom. The first-order valence-electron chi connectivity index (χ1n) is 23.4. The average Bonchev–Trinajstić information content (AvgIpc) is 3.75. The van der Waals surface area contributed by atoms with Gasteiger partial charge in [0.25, 0.3) is 0 Å². The van der Waals surface area contributed by atoms with Crippen LogP contribution in [0, 0.1) is 0 Å². The second-order valence-electron chi connectivity index (χ2n) is 17.7. The summed E-state index contributed by atoms with van der Waals surface area (Å²) >= 11 is 0. The number of benzene rings is 12. The number of aromatic nitrogens is 1. The lowest BCUT2D eigenvalue weighted by molar-refractivity contribution is 1.18. The van der Waals surface area contributed by atoms with Gasteiger partial charge in [0, 0.05) is 33.5 Å². The minimum absolute atomic E-state index is 1.08. The van der Waals surface area contributed by atoms with E-state index in [1.807, 2.05) is 0 Å². The maximum Gasteiger partial charge on any atom is 0.0541 e. The van der Waals surface area contributed by atoms with Crippen LogP contribution in [0.5, 0.6) is 0 Å². The van der Waals surface area contributed by atoms with E-state index in [9.17, 15) is 0 Å². The first-order chi connectivity index (χ1) is 33.7. The van der Waals surface area contributed by atoms with E-state index in [2.05, 4.69) is 276 Å². The summed E-state index contributed by atoms with van der Waals surface area (Å²) in [4.78, 5) is 2.41. The summed E-state index contributed by atoms with van der Waals surface area (Å²) in [6.45, 7) is 0. The highest BCUT2D eigenvalue weighted by molar-refractivity contribution is 6.13. The van der Waals surface area contributed by atoms with Gasteiger partial charge in [-0.2, -0.15) is 0 Å². The molecule has 13 rings (SSSR count). The predicted octanol–water partition coefficient (Wildman–Crippen LogP) is 18.4. The number of fused-ring (bicyclic) bond motifs is 7. The van der Waals surface area contributed by atoms with E-state index < -0.39 is 0 Å². The molecule has 0 aliphatic rings. The Morgan fingerprint density at radius 3 is 1.54 bits per heavy atom. The molecule has 0 saturated carbocycles. The zero-order chi connectivity index (χ0) is 45.0. The van der Waals surface area contributed by atoms with Gasteiger partial charge in [-0.3, -0.25) is 0 Å². The molecule has 0 amide bonds. The Morgan fingerprint density at radius 2 is 0.750 bits per heavy atom. The Kier molecular flexibility index (Phi) is 9.54. The highest BCUT2D eigenvalue weighted by atomic mass is 15.1. The first kappa shape index (κ1) is 39.4. The Labute approximate surface area is 395 Å². The molecule has 0 aliphatic carbocycles. The number of anilines is 3. The van der Waals surface area contributed by atoms with E-state index >= 15 is 0 Å². The van der Waals surface area contributed by atoms with Crippen molar-refractivity contribution in [3.8, 4) is 50.2 Å². The van der Waals surface area contributed by atoms with Gasteiger partial charge in [0.05, 0.1) is 11.0 Å². The molecule has 0 fully saturated rings. The van der Waals surface area contributed by atoms with Crippen molar-refractivity contribution in [3.05, 3.63) is 267 Å². The Balaban J connectivity index is 0.933. The standard InChI is InChI=1S/C66H44N2/c1-2-22-53(23-3-1)68-65-32-9-8-28-63(65)64-44-50(36-40-66(64)68)49-19-11-24-55(42-49)67(56-25-12-21-52(43-56)60-30-14-31-61-58-27-7-5-16-47(58)35-39-62(60)61)54-37-33-45(34-38-54)48-18-10-20-51(41-48)59-29-13-17-46-15-4-6-26-57(46)59/h1-44H. The summed E-state index contributed by atoms with van der Waals surface area (Å²) in [5, 5.41) is 10.0. The van der Waals surface area contributed by atoms with Crippen LogP contribution in [0.4, 0.5) is 17.1 Å². The molecule has 1 aromatic heterocycles. The monoisotopic (exact) mass is 864 g/mol. The molecule has 0 saturated heterocycles. The van der Waals surface area contributed by atoms with Crippen LogP contribution in [0.25, 0.3) is 104 Å². The van der Waals surface area contributed by atoms with Crippen molar-refractivity contribution in [3.63, 3.8) is 0 Å². The van der Waals surface area contributed by atoms with Gasteiger partial charge in [0.15, 0.2) is 0 Å². The van der Waals surface area contributed by atoms with Crippen molar-refractivity contribution < 1.29 is 0 Å². The second kappa shape index (κ2) is 16.5. The molecule has 0 atom stereocenters. The fourth-order valence-electron chi connectivity index (χ4n) is 10.5. The molecule has 0 bridgehead atoms. The molecular formula is C66H44N2. The van der Waals surface area contributed by atoms with Crippen molar-refractivity contribution in [1.29, 1.82) is 0 Å². The summed E-state index contributed by atoms with van der Waals surface area (Å²) in [6, 6.07) is 97.5. The topological polar surface area (TPSA) is 8.17 Å². The lowest BCUT2D eigenvalue weighted by Gasteiger charge is -2.27. The third-order valence-electron chi connectivity index (χ3n) is 13.7. The van der Waals surface area contributed by atoms with Crippen LogP contribution >= 0.6 is 0 Å². The second-order valence-corrected chi connectivity index (χ2v) is 17.7. The van der Waals surface area contributed by atoms with Gasteiger partial charge < -0.3 is 9.47 Å². The van der Waals surface area contributed by atoms with Crippen LogP contribution in [-0.4, -0.2) is 4.57 Å². The SMILES string of the molecule is c1ccc(-n2c3ccccc3c3cc(-c4cccc(N(c5ccc(-c6cccc(-c7cccc8ccccc78)c6)cc5)c5cccc(-c6cccc7c6ccc6ccccc67)c5)c4)ccc32)cc1. The van der Waals surface area contributed by atoms with Crippen LogP contribution in [-0.2, 0) is 0 Å². The number of rotatable bonds is 8. The maximum absolute atomic E-state index is 2.41. The average molecular weight is 865 g/mol. The van der Waals surface area contributed by atoms with Gasteiger partial charge in [-0.25, -0.2) is 0 Å². The van der Waals surface area contributed by atoms with Crippen molar-refractivity contribution in [1.82, 2.24) is 4.57 Å². The third kappa shape index (κ3) is 6.82. The normalized spacial score (nSPS) is 11.5. The Hall–Kier alpha value is -8.98. The lowest BCUT2D eigenvalue weighted by Crippen LogP contribution is -2.10. The summed E-state index contributed by atoms with van der Waals surface area (Å²) < 4.78 is 2.38. The smallest absolute Gasteiger partial charge is 0.0541 e. The van der Waals surface area contributed by atoms with Crippen molar-refractivity contribution in [2.45, 2.75) is 0 Å². The van der Waals surface area contributed by atoms with E-state index in [4.69, 9.17) is 0 Å². The molecule has 13 aromatic rings. The molecule has 2 heteroatoms. The number of nitrogens with zero attached hydrogens (tertiary/aromatic N) is 2. The van der Waals surface area contributed by atoms with Crippen LogP contribution in [0.3, 0.4) is 0 Å².